The summed E-state index contributed by atoms with van der Waals surface area (Å²) in [5.41, 5.74) is 6.56. The van der Waals surface area contributed by atoms with Crippen LogP contribution in [0.15, 0.2) is 36.7 Å². The standard InChI is InChI=1S/C25H35N6O8P/c1-6-35-22-19-21(28-25(26)29-22)31(13-27-19)23-20(32)15(4)18(38-23)12-36-40(34,39-17-10-8-7-9-11-17)30-16(5)24(33)37-14(2)3/h7-11,13-16,18,20,23,32H,6,12H2,1-5H3,(H,30,34)(H2,26,28,29)/t15-,16-,18-,20-,23-,40?/m1/s1. The predicted molar refractivity (Wildman–Crippen MR) is 144 cm³/mol. The molecule has 3 heterocycles. The number of anilines is 1. The number of aromatic nitrogens is 4. The third-order valence-corrected chi connectivity index (χ3v) is 7.77. The van der Waals surface area contributed by atoms with E-state index in [2.05, 4.69) is 20.0 Å². The Labute approximate surface area is 231 Å². The van der Waals surface area contributed by atoms with Crippen molar-refractivity contribution in [3.05, 3.63) is 36.7 Å². The molecule has 0 radical (unpaired) electrons. The molecule has 4 rings (SSSR count). The number of esters is 1. The van der Waals surface area contributed by atoms with Gasteiger partial charge in [0.05, 0.1) is 31.7 Å². The number of hydrogen-bond acceptors (Lipinski definition) is 12. The number of ether oxygens (including phenoxy) is 3. The van der Waals surface area contributed by atoms with Crippen LogP contribution in [0.3, 0.4) is 0 Å². The summed E-state index contributed by atoms with van der Waals surface area (Å²) in [5.74, 6) is -0.599. The molecular formula is C25H35N6O8P. The lowest BCUT2D eigenvalue weighted by atomic mass is 10.0. The number of aliphatic hydroxyl groups is 1. The van der Waals surface area contributed by atoms with Gasteiger partial charge in [0.2, 0.25) is 11.8 Å². The van der Waals surface area contributed by atoms with Crippen molar-refractivity contribution < 1.29 is 37.7 Å². The van der Waals surface area contributed by atoms with Crippen molar-refractivity contribution in [1.29, 1.82) is 0 Å². The second kappa shape index (κ2) is 12.5. The lowest BCUT2D eigenvalue weighted by Crippen LogP contribution is -2.37. The fourth-order valence-corrected chi connectivity index (χ4v) is 5.62. The first-order valence-corrected chi connectivity index (χ1v) is 14.5. The summed E-state index contributed by atoms with van der Waals surface area (Å²) >= 11 is 0. The molecular weight excluding hydrogens is 543 g/mol. The maximum Gasteiger partial charge on any atom is 0.459 e. The number of nitrogens with zero attached hydrogens (tertiary/aromatic N) is 4. The summed E-state index contributed by atoms with van der Waals surface area (Å²) in [6.45, 7) is 8.62. The largest absolute Gasteiger partial charge is 0.476 e. The number of fused-ring (bicyclic) bond motifs is 1. The van der Waals surface area contributed by atoms with E-state index in [0.29, 0.717) is 17.8 Å². The molecule has 3 aromatic rings. The third kappa shape index (κ3) is 6.70. The normalized spacial score (nSPS) is 23.2. The van der Waals surface area contributed by atoms with Crippen LogP contribution in [-0.2, 0) is 23.4 Å². The van der Waals surface area contributed by atoms with Crippen molar-refractivity contribution in [2.45, 2.75) is 65.2 Å². The number of nitrogens with two attached hydrogens (primary N) is 1. The number of imidazole rings is 1. The molecule has 0 aliphatic carbocycles. The van der Waals surface area contributed by atoms with Crippen molar-refractivity contribution in [3.8, 4) is 11.6 Å². The average Bonchev–Trinajstić information content (AvgIpc) is 3.43. The minimum absolute atomic E-state index is 0.0201. The maximum atomic E-state index is 13.8. The van der Waals surface area contributed by atoms with E-state index in [1.54, 1.807) is 62.6 Å². The average molecular weight is 579 g/mol. The van der Waals surface area contributed by atoms with Crippen LogP contribution in [0.2, 0.25) is 0 Å². The number of nitrogens with one attached hydrogen (secondary N) is 1. The minimum atomic E-state index is -4.12. The first kappa shape index (κ1) is 29.7. The van der Waals surface area contributed by atoms with Crippen LogP contribution in [0.5, 0.6) is 11.6 Å². The summed E-state index contributed by atoms with van der Waals surface area (Å²) in [4.78, 5) is 25.1. The third-order valence-electron chi connectivity index (χ3n) is 6.13. The molecule has 0 spiro atoms. The smallest absolute Gasteiger partial charge is 0.459 e. The van der Waals surface area contributed by atoms with Gasteiger partial charge in [0.25, 0.3) is 0 Å². The van der Waals surface area contributed by atoms with Crippen molar-refractivity contribution in [3.63, 3.8) is 0 Å². The first-order chi connectivity index (χ1) is 19.0. The molecule has 1 saturated heterocycles. The van der Waals surface area contributed by atoms with Gasteiger partial charge in [-0.1, -0.05) is 25.1 Å². The van der Waals surface area contributed by atoms with Crippen molar-refractivity contribution >= 4 is 30.8 Å². The number of carbonyl (C=O) groups is 1. The van der Waals surface area contributed by atoms with Gasteiger partial charge in [-0.25, -0.2) is 9.55 Å². The second-order valence-electron chi connectivity index (χ2n) is 9.59. The van der Waals surface area contributed by atoms with Gasteiger partial charge in [-0.15, -0.1) is 0 Å². The molecule has 1 unspecified atom stereocenters. The number of hydrogen-bond donors (Lipinski definition) is 3. The molecule has 1 aromatic carbocycles. The molecule has 40 heavy (non-hydrogen) atoms. The van der Waals surface area contributed by atoms with Crippen LogP contribution in [0.1, 0.15) is 40.8 Å². The fourth-order valence-electron chi connectivity index (χ4n) is 4.12. The molecule has 6 atom stereocenters. The Balaban J connectivity index is 1.52. The maximum absolute atomic E-state index is 13.8. The van der Waals surface area contributed by atoms with Gasteiger partial charge in [0.1, 0.15) is 17.9 Å². The van der Waals surface area contributed by atoms with Crippen molar-refractivity contribution in [2.75, 3.05) is 18.9 Å². The van der Waals surface area contributed by atoms with Gasteiger partial charge in [-0.3, -0.25) is 13.9 Å². The van der Waals surface area contributed by atoms with E-state index < -0.39 is 44.1 Å². The molecule has 14 nitrogen and oxygen atoms in total. The Hall–Kier alpha value is -3.29. The van der Waals surface area contributed by atoms with Gasteiger partial charge in [0.15, 0.2) is 17.4 Å². The van der Waals surface area contributed by atoms with E-state index in [9.17, 15) is 14.5 Å². The van der Waals surface area contributed by atoms with Crippen LogP contribution in [0, 0.1) is 5.92 Å². The van der Waals surface area contributed by atoms with E-state index in [-0.39, 0.29) is 30.3 Å². The topological polar surface area (TPSA) is 182 Å². The molecule has 0 amide bonds. The minimum Gasteiger partial charge on any atom is -0.476 e. The summed E-state index contributed by atoms with van der Waals surface area (Å²) in [5, 5.41) is 13.7. The zero-order valence-electron chi connectivity index (χ0n) is 23.0. The highest BCUT2D eigenvalue weighted by Crippen LogP contribution is 2.46. The highest BCUT2D eigenvalue weighted by atomic mass is 31.2. The number of rotatable bonds is 12. The highest BCUT2D eigenvalue weighted by molar-refractivity contribution is 7.52. The number of para-hydroxylation sites is 1. The Morgan fingerprint density at radius 2 is 1.98 bits per heavy atom. The first-order valence-electron chi connectivity index (χ1n) is 12.9. The molecule has 4 N–H and O–H groups in total. The Bertz CT molecular complexity index is 1360. The molecule has 1 aliphatic heterocycles. The summed E-state index contributed by atoms with van der Waals surface area (Å²) in [6, 6.07) is 7.41. The van der Waals surface area contributed by atoms with Gasteiger partial charge < -0.3 is 29.6 Å². The molecule has 218 valence electrons. The molecule has 0 saturated carbocycles. The quantitative estimate of drug-likeness (QED) is 0.211. The number of aliphatic hydroxyl groups excluding tert-OH is 1. The molecule has 2 aromatic heterocycles. The molecule has 0 bridgehead atoms. The van der Waals surface area contributed by atoms with E-state index in [4.69, 9.17) is 29.0 Å². The van der Waals surface area contributed by atoms with Crippen LogP contribution in [0.25, 0.3) is 11.2 Å². The van der Waals surface area contributed by atoms with E-state index >= 15 is 0 Å². The number of benzene rings is 1. The van der Waals surface area contributed by atoms with Crippen molar-refractivity contribution in [2.24, 2.45) is 5.92 Å². The SMILES string of the molecule is CCOc1nc(N)nc2c1ncn2[C@@H]1O[C@H](COP(=O)(N[C@H](C)C(=O)OC(C)C)Oc2ccccc2)[C@@H](C)[C@H]1O. The molecule has 1 aliphatic rings. The zero-order valence-corrected chi connectivity index (χ0v) is 23.9. The summed E-state index contributed by atoms with van der Waals surface area (Å²) < 4.78 is 43.7. The van der Waals surface area contributed by atoms with Crippen molar-refractivity contribution in [1.82, 2.24) is 24.6 Å². The van der Waals surface area contributed by atoms with Crippen LogP contribution in [0.4, 0.5) is 5.95 Å². The summed E-state index contributed by atoms with van der Waals surface area (Å²) in [7, 11) is -4.12. The molecule has 1 fully saturated rings. The Morgan fingerprint density at radius 3 is 2.65 bits per heavy atom. The lowest BCUT2D eigenvalue weighted by molar-refractivity contribution is -0.149. The van der Waals surface area contributed by atoms with Crippen LogP contribution in [-0.4, -0.2) is 68.2 Å². The van der Waals surface area contributed by atoms with Gasteiger partial charge in [-0.2, -0.15) is 15.1 Å². The second-order valence-corrected chi connectivity index (χ2v) is 11.3. The lowest BCUT2D eigenvalue weighted by Gasteiger charge is -2.25. The predicted octanol–water partition coefficient (Wildman–Crippen LogP) is 2.84. The van der Waals surface area contributed by atoms with Crippen LogP contribution < -0.4 is 20.1 Å². The zero-order chi connectivity index (χ0) is 29.0. The van der Waals surface area contributed by atoms with E-state index in [1.165, 1.54) is 13.3 Å². The van der Waals surface area contributed by atoms with Gasteiger partial charge in [0, 0.05) is 5.92 Å². The van der Waals surface area contributed by atoms with Gasteiger partial charge >= 0.3 is 13.7 Å². The molecule has 15 heteroatoms. The van der Waals surface area contributed by atoms with E-state index in [0.717, 1.165) is 0 Å². The summed E-state index contributed by atoms with van der Waals surface area (Å²) in [6.07, 6.45) is -1.52. The number of carbonyl (C=O) groups excluding carboxylic acids is 1. The Kier molecular flexibility index (Phi) is 9.26. The monoisotopic (exact) mass is 578 g/mol. The van der Waals surface area contributed by atoms with E-state index in [1.807, 2.05) is 0 Å². The Morgan fingerprint density at radius 1 is 1.25 bits per heavy atom. The highest BCUT2D eigenvalue weighted by Gasteiger charge is 2.44. The number of nitrogen functional groups attached to an aromatic ring is 1. The fraction of sp³-hybridized carbons (Fsp3) is 0.520. The van der Waals surface area contributed by atoms with Crippen LogP contribution >= 0.6 is 7.75 Å². The van der Waals surface area contributed by atoms with Gasteiger partial charge in [-0.05, 0) is 39.8 Å².